The number of likely N-dealkylation sites (tertiary alicyclic amines) is 1. The van der Waals surface area contributed by atoms with Crippen molar-refractivity contribution in [3.8, 4) is 0 Å². The predicted molar refractivity (Wildman–Crippen MR) is 104 cm³/mol. The number of rotatable bonds is 5. The van der Waals surface area contributed by atoms with Gasteiger partial charge in [0.1, 0.15) is 5.82 Å². The molecule has 1 heterocycles. The zero-order valence-electron chi connectivity index (χ0n) is 15.4. The third-order valence-electron chi connectivity index (χ3n) is 4.69. The summed E-state index contributed by atoms with van der Waals surface area (Å²) >= 11 is 0. The molecule has 0 aromatic heterocycles. The lowest BCUT2D eigenvalue weighted by Gasteiger charge is -2.34. The Bertz CT molecular complexity index is 790. The molecule has 0 radical (unpaired) electrons. The first kappa shape index (κ1) is 19.0. The van der Waals surface area contributed by atoms with E-state index in [1.807, 2.05) is 0 Å². The minimum absolute atomic E-state index is 0.0379. The number of carbonyl (C=O) groups is 2. The Hall–Kier alpha value is -2.73. The average molecular weight is 369 g/mol. The van der Waals surface area contributed by atoms with Gasteiger partial charge in [-0.25, -0.2) is 4.39 Å². The van der Waals surface area contributed by atoms with Gasteiger partial charge in [-0.2, -0.15) is 0 Å². The fraction of sp³-hybridized carbons (Fsp3) is 0.333. The first-order valence-corrected chi connectivity index (χ1v) is 9.18. The number of carbonyl (C=O) groups excluding carboxylic acids is 2. The van der Waals surface area contributed by atoms with Crippen molar-refractivity contribution in [1.29, 1.82) is 0 Å². The first-order valence-electron chi connectivity index (χ1n) is 9.18. The van der Waals surface area contributed by atoms with Gasteiger partial charge in [-0.05, 0) is 61.3 Å². The van der Waals surface area contributed by atoms with Crippen molar-refractivity contribution in [2.45, 2.75) is 38.8 Å². The average Bonchev–Trinajstić information content (AvgIpc) is 2.65. The Morgan fingerprint density at radius 1 is 1.00 bits per heavy atom. The number of piperidine rings is 1. The lowest BCUT2D eigenvalue weighted by Crippen LogP contribution is -2.46. The largest absolute Gasteiger partial charge is 0.326 e. The van der Waals surface area contributed by atoms with Crippen LogP contribution in [0.4, 0.5) is 15.8 Å². The van der Waals surface area contributed by atoms with E-state index in [2.05, 4.69) is 15.5 Å². The normalized spacial score (nSPS) is 17.3. The molecule has 2 aromatic carbocycles. The molecule has 27 heavy (non-hydrogen) atoms. The summed E-state index contributed by atoms with van der Waals surface area (Å²) in [6.07, 6.45) is 2.87. The summed E-state index contributed by atoms with van der Waals surface area (Å²) in [7, 11) is 0. The van der Waals surface area contributed by atoms with Crippen LogP contribution in [0.5, 0.6) is 0 Å². The highest BCUT2D eigenvalue weighted by Crippen LogP contribution is 2.22. The molecule has 1 atom stereocenters. The smallest absolute Gasteiger partial charge is 0.241 e. The maximum absolute atomic E-state index is 13.1. The van der Waals surface area contributed by atoms with Gasteiger partial charge in [0.15, 0.2) is 0 Å². The third-order valence-corrected chi connectivity index (χ3v) is 4.69. The zero-order valence-corrected chi connectivity index (χ0v) is 15.4. The van der Waals surface area contributed by atoms with Crippen LogP contribution in [0.25, 0.3) is 0 Å². The van der Waals surface area contributed by atoms with Gasteiger partial charge in [0, 0.05) is 24.8 Å². The quantitative estimate of drug-likeness (QED) is 0.843. The van der Waals surface area contributed by atoms with Crippen LogP contribution >= 0.6 is 0 Å². The van der Waals surface area contributed by atoms with Crippen LogP contribution in [0.2, 0.25) is 0 Å². The number of nitrogens with zero attached hydrogens (tertiary/aromatic N) is 1. The second-order valence-corrected chi connectivity index (χ2v) is 6.86. The molecule has 2 aromatic rings. The molecule has 2 N–H and O–H groups in total. The van der Waals surface area contributed by atoms with Crippen LogP contribution in [0.15, 0.2) is 48.5 Å². The number of hydrogen-bond donors (Lipinski definition) is 2. The van der Waals surface area contributed by atoms with Gasteiger partial charge in [-0.15, -0.1) is 0 Å². The van der Waals surface area contributed by atoms with Crippen LogP contribution < -0.4 is 10.6 Å². The number of halogens is 1. The standard InChI is InChI=1S/C21H24FN3O2/c1-15(26)23-18-9-11-19(12-10-18)24-21(27)20-4-2-3-13-25(20)14-16-5-7-17(22)8-6-16/h5-12,20H,2-4,13-14H2,1H3,(H,23,26)(H,24,27)/t20-/m0/s1. The van der Waals surface area contributed by atoms with E-state index in [0.29, 0.717) is 17.9 Å². The lowest BCUT2D eigenvalue weighted by molar-refractivity contribution is -0.122. The van der Waals surface area contributed by atoms with E-state index in [0.717, 1.165) is 31.4 Å². The van der Waals surface area contributed by atoms with Crippen molar-refractivity contribution in [2.75, 3.05) is 17.2 Å². The molecular formula is C21H24FN3O2. The van der Waals surface area contributed by atoms with Crippen molar-refractivity contribution < 1.29 is 14.0 Å². The van der Waals surface area contributed by atoms with Crippen molar-refractivity contribution in [3.63, 3.8) is 0 Å². The third kappa shape index (κ3) is 5.37. The molecule has 0 bridgehead atoms. The van der Waals surface area contributed by atoms with E-state index in [4.69, 9.17) is 0 Å². The Morgan fingerprint density at radius 3 is 2.26 bits per heavy atom. The van der Waals surface area contributed by atoms with Crippen molar-refractivity contribution in [3.05, 3.63) is 59.9 Å². The Labute approximate surface area is 158 Å². The number of nitrogens with one attached hydrogen (secondary N) is 2. The molecular weight excluding hydrogens is 345 g/mol. The van der Waals surface area contributed by atoms with E-state index in [9.17, 15) is 14.0 Å². The highest BCUT2D eigenvalue weighted by Gasteiger charge is 2.28. The molecule has 0 unspecified atom stereocenters. The van der Waals surface area contributed by atoms with E-state index in [1.54, 1.807) is 36.4 Å². The molecule has 1 fully saturated rings. The van der Waals surface area contributed by atoms with Crippen molar-refractivity contribution in [2.24, 2.45) is 0 Å². The SMILES string of the molecule is CC(=O)Nc1ccc(NC(=O)[C@@H]2CCCCN2Cc2ccc(F)cc2)cc1. The van der Waals surface area contributed by atoms with Crippen LogP contribution in [-0.2, 0) is 16.1 Å². The highest BCUT2D eigenvalue weighted by molar-refractivity contribution is 5.95. The molecule has 1 aliphatic rings. The fourth-order valence-corrected chi connectivity index (χ4v) is 3.37. The summed E-state index contributed by atoms with van der Waals surface area (Å²) in [5, 5.41) is 5.66. The second kappa shape index (κ2) is 8.77. The minimum atomic E-state index is -0.255. The summed E-state index contributed by atoms with van der Waals surface area (Å²) in [5.74, 6) is -0.427. The van der Waals surface area contributed by atoms with Gasteiger partial charge < -0.3 is 10.6 Å². The van der Waals surface area contributed by atoms with Crippen molar-refractivity contribution in [1.82, 2.24) is 4.90 Å². The van der Waals surface area contributed by atoms with Crippen LogP contribution in [0, 0.1) is 5.82 Å². The molecule has 1 saturated heterocycles. The number of benzene rings is 2. The number of amides is 2. The van der Waals surface area contributed by atoms with E-state index in [-0.39, 0.29) is 23.7 Å². The second-order valence-electron chi connectivity index (χ2n) is 6.86. The molecule has 6 heteroatoms. The Morgan fingerprint density at radius 2 is 1.63 bits per heavy atom. The molecule has 3 rings (SSSR count). The predicted octanol–water partition coefficient (Wildman–Crippen LogP) is 3.78. The zero-order chi connectivity index (χ0) is 19.2. The van der Waals surface area contributed by atoms with Gasteiger partial charge in [0.25, 0.3) is 0 Å². The summed E-state index contributed by atoms with van der Waals surface area (Å²) in [6, 6.07) is 13.3. The number of anilines is 2. The van der Waals surface area contributed by atoms with Gasteiger partial charge in [0.2, 0.25) is 11.8 Å². The summed E-state index contributed by atoms with van der Waals surface area (Å²) in [6.45, 7) is 2.92. The first-order chi connectivity index (χ1) is 13.0. The topological polar surface area (TPSA) is 61.4 Å². The molecule has 0 aliphatic carbocycles. The van der Waals surface area contributed by atoms with E-state index < -0.39 is 0 Å². The van der Waals surface area contributed by atoms with Gasteiger partial charge in [-0.3, -0.25) is 14.5 Å². The summed E-state index contributed by atoms with van der Waals surface area (Å²) in [5.41, 5.74) is 2.38. The molecule has 5 nitrogen and oxygen atoms in total. The summed E-state index contributed by atoms with van der Waals surface area (Å²) < 4.78 is 13.1. The maximum Gasteiger partial charge on any atom is 0.241 e. The fourth-order valence-electron chi connectivity index (χ4n) is 3.37. The monoisotopic (exact) mass is 369 g/mol. The minimum Gasteiger partial charge on any atom is -0.326 e. The lowest BCUT2D eigenvalue weighted by atomic mass is 10.00. The Balaban J connectivity index is 1.64. The maximum atomic E-state index is 13.1. The molecule has 142 valence electrons. The Kier molecular flexibility index (Phi) is 6.19. The van der Waals surface area contributed by atoms with Gasteiger partial charge in [-0.1, -0.05) is 18.6 Å². The molecule has 1 aliphatic heterocycles. The van der Waals surface area contributed by atoms with Gasteiger partial charge >= 0.3 is 0 Å². The van der Waals surface area contributed by atoms with Crippen LogP contribution in [0.1, 0.15) is 31.7 Å². The highest BCUT2D eigenvalue weighted by atomic mass is 19.1. The van der Waals surface area contributed by atoms with Crippen LogP contribution in [-0.4, -0.2) is 29.3 Å². The number of hydrogen-bond acceptors (Lipinski definition) is 3. The van der Waals surface area contributed by atoms with Crippen LogP contribution in [0.3, 0.4) is 0 Å². The summed E-state index contributed by atoms with van der Waals surface area (Å²) in [4.78, 5) is 26.0. The molecule has 0 saturated carbocycles. The van der Waals surface area contributed by atoms with Crippen molar-refractivity contribution >= 4 is 23.2 Å². The molecule has 0 spiro atoms. The van der Waals surface area contributed by atoms with E-state index in [1.165, 1.54) is 19.1 Å². The van der Waals surface area contributed by atoms with Gasteiger partial charge in [0.05, 0.1) is 6.04 Å². The molecule has 2 amide bonds. The van der Waals surface area contributed by atoms with E-state index >= 15 is 0 Å².